The van der Waals surface area contributed by atoms with Gasteiger partial charge in [0.2, 0.25) is 6.29 Å². The monoisotopic (exact) mass is 458 g/mol. The van der Waals surface area contributed by atoms with Crippen LogP contribution in [0.2, 0.25) is 5.02 Å². The molecule has 0 aliphatic heterocycles. The Kier molecular flexibility index (Phi) is 11.3. The van der Waals surface area contributed by atoms with Crippen LogP contribution in [0, 0.1) is 11.3 Å². The van der Waals surface area contributed by atoms with Crippen LogP contribution in [0.4, 0.5) is 18.9 Å². The number of nitrogens with zero attached hydrogens (tertiary/aromatic N) is 3. The molecule has 2 rings (SSSR count). The summed E-state index contributed by atoms with van der Waals surface area (Å²) < 4.78 is 31.2. The predicted molar refractivity (Wildman–Crippen MR) is 115 cm³/mol. The fourth-order valence-electron chi connectivity index (χ4n) is 2.92. The maximum atomic E-state index is 10.4. The highest BCUT2D eigenvalue weighted by Gasteiger charge is 2.24. The van der Waals surface area contributed by atoms with Crippen LogP contribution < -0.4 is 5.32 Å². The van der Waals surface area contributed by atoms with Gasteiger partial charge in [-0.05, 0) is 51.1 Å². The SMILES string of the molecule is CCN(CCO)CCCC(C)Nc1c(C#N)cnc2cc(Cl)ccc12.O=CC(F)(F)F. The zero-order chi connectivity index (χ0) is 23.4. The Morgan fingerprint density at radius 3 is 2.61 bits per heavy atom. The lowest BCUT2D eigenvalue weighted by atomic mass is 10.1. The minimum absolute atomic E-state index is 0.193. The van der Waals surface area contributed by atoms with Gasteiger partial charge in [-0.25, -0.2) is 0 Å². The van der Waals surface area contributed by atoms with E-state index in [1.54, 1.807) is 6.20 Å². The quantitative estimate of drug-likeness (QED) is 0.541. The van der Waals surface area contributed by atoms with Gasteiger partial charge in [-0.3, -0.25) is 9.78 Å². The highest BCUT2D eigenvalue weighted by Crippen LogP contribution is 2.28. The summed E-state index contributed by atoms with van der Waals surface area (Å²) in [5.41, 5.74) is 2.14. The van der Waals surface area contributed by atoms with Gasteiger partial charge >= 0.3 is 6.18 Å². The number of rotatable bonds is 9. The number of hydrogen-bond donors (Lipinski definition) is 2. The molecule has 0 spiro atoms. The Morgan fingerprint density at radius 2 is 2.06 bits per heavy atom. The molecule has 1 aromatic carbocycles. The van der Waals surface area contributed by atoms with E-state index in [4.69, 9.17) is 21.5 Å². The second kappa shape index (κ2) is 13.1. The average molecular weight is 459 g/mol. The number of hydrogen-bond acceptors (Lipinski definition) is 6. The minimum atomic E-state index is -4.64. The lowest BCUT2D eigenvalue weighted by Crippen LogP contribution is -2.28. The molecule has 170 valence electrons. The summed E-state index contributed by atoms with van der Waals surface area (Å²) in [6, 6.07) is 7.96. The third-order valence-corrected chi connectivity index (χ3v) is 4.69. The number of anilines is 1. The van der Waals surface area contributed by atoms with Gasteiger partial charge in [-0.15, -0.1) is 0 Å². The topological polar surface area (TPSA) is 89.2 Å². The number of nitrogens with one attached hydrogen (secondary N) is 1. The smallest absolute Gasteiger partial charge is 0.395 e. The molecule has 0 saturated heterocycles. The van der Waals surface area contributed by atoms with Crippen LogP contribution in [-0.4, -0.2) is 59.7 Å². The molecule has 0 amide bonds. The van der Waals surface area contributed by atoms with Crippen molar-refractivity contribution in [3.63, 3.8) is 0 Å². The highest BCUT2D eigenvalue weighted by molar-refractivity contribution is 6.31. The Labute approximate surface area is 184 Å². The molecule has 0 radical (unpaired) electrons. The van der Waals surface area contributed by atoms with Crippen molar-refractivity contribution in [1.29, 1.82) is 5.26 Å². The van der Waals surface area contributed by atoms with E-state index in [1.807, 2.05) is 18.2 Å². The maximum absolute atomic E-state index is 10.4. The third kappa shape index (κ3) is 9.51. The molecule has 1 atom stereocenters. The molecule has 1 unspecified atom stereocenters. The van der Waals surface area contributed by atoms with Crippen LogP contribution >= 0.6 is 11.6 Å². The standard InChI is InChI=1S/C19H25ClN4O.C2HF3O/c1-3-24(9-10-25)8-4-5-14(2)23-19-15(12-21)13-22-18-11-16(20)6-7-17(18)19;3-2(4,5)1-6/h6-7,11,13-14,25H,3-5,8-10H2,1-2H3,(H,22,23);1H. The summed E-state index contributed by atoms with van der Waals surface area (Å²) in [6.45, 7) is 7.03. The molecule has 0 aliphatic carbocycles. The number of aliphatic hydroxyl groups is 1. The number of aromatic nitrogens is 1. The van der Waals surface area contributed by atoms with E-state index in [0.717, 1.165) is 42.5 Å². The van der Waals surface area contributed by atoms with E-state index >= 15 is 0 Å². The van der Waals surface area contributed by atoms with E-state index in [-0.39, 0.29) is 12.6 Å². The summed E-state index contributed by atoms with van der Waals surface area (Å²) >= 11 is 6.04. The highest BCUT2D eigenvalue weighted by atomic mass is 35.5. The second-order valence-corrected chi connectivity index (χ2v) is 7.26. The second-order valence-electron chi connectivity index (χ2n) is 6.83. The van der Waals surface area contributed by atoms with Gasteiger partial charge in [0.15, 0.2) is 0 Å². The first kappa shape index (κ1) is 26.6. The minimum Gasteiger partial charge on any atom is -0.395 e. The number of aldehydes is 1. The fraction of sp³-hybridized carbons (Fsp3) is 0.476. The molecule has 0 fully saturated rings. The predicted octanol–water partition coefficient (Wildman–Crippen LogP) is 4.40. The summed E-state index contributed by atoms with van der Waals surface area (Å²) in [7, 11) is 0. The average Bonchev–Trinajstić information content (AvgIpc) is 2.73. The van der Waals surface area contributed by atoms with Crippen molar-refractivity contribution in [3.05, 3.63) is 35.0 Å². The number of carbonyl (C=O) groups is 1. The van der Waals surface area contributed by atoms with Gasteiger partial charge in [0.1, 0.15) is 6.07 Å². The number of alkyl halides is 3. The van der Waals surface area contributed by atoms with E-state index in [1.165, 1.54) is 0 Å². The number of aliphatic hydroxyl groups excluding tert-OH is 1. The van der Waals surface area contributed by atoms with Crippen molar-refractivity contribution < 1.29 is 23.1 Å². The fourth-order valence-corrected chi connectivity index (χ4v) is 3.08. The molecular weight excluding hydrogens is 433 g/mol. The zero-order valence-electron chi connectivity index (χ0n) is 17.4. The number of pyridine rings is 1. The van der Waals surface area contributed by atoms with Crippen LogP contribution in [0.3, 0.4) is 0 Å². The molecule has 6 nitrogen and oxygen atoms in total. The molecule has 2 aromatic rings. The first-order valence-corrected chi connectivity index (χ1v) is 10.1. The molecule has 0 bridgehead atoms. The van der Waals surface area contributed by atoms with Crippen molar-refractivity contribution in [2.45, 2.75) is 38.9 Å². The van der Waals surface area contributed by atoms with Gasteiger partial charge in [0, 0.05) is 29.2 Å². The van der Waals surface area contributed by atoms with Gasteiger partial charge in [0.25, 0.3) is 0 Å². The lowest BCUT2D eigenvalue weighted by Gasteiger charge is -2.21. The summed E-state index contributed by atoms with van der Waals surface area (Å²) in [6.07, 6.45) is -2.11. The largest absolute Gasteiger partial charge is 0.446 e. The maximum Gasteiger partial charge on any atom is 0.446 e. The Bertz CT molecular complexity index is 887. The van der Waals surface area contributed by atoms with Gasteiger partial charge in [-0.1, -0.05) is 18.5 Å². The van der Waals surface area contributed by atoms with Crippen LogP contribution in [-0.2, 0) is 4.79 Å². The van der Waals surface area contributed by atoms with Gasteiger partial charge < -0.3 is 15.3 Å². The lowest BCUT2D eigenvalue weighted by molar-refractivity contribution is -0.156. The zero-order valence-corrected chi connectivity index (χ0v) is 18.2. The molecule has 1 aromatic heterocycles. The summed E-state index contributed by atoms with van der Waals surface area (Å²) in [5.74, 6) is 0. The van der Waals surface area contributed by atoms with Crippen molar-refractivity contribution in [2.24, 2.45) is 0 Å². The van der Waals surface area contributed by atoms with Crippen LogP contribution in [0.5, 0.6) is 0 Å². The summed E-state index contributed by atoms with van der Waals surface area (Å²) in [4.78, 5) is 15.3. The molecular formula is C21H26ClF3N4O2. The number of fused-ring (bicyclic) bond motifs is 1. The molecule has 2 N–H and O–H groups in total. The van der Waals surface area contributed by atoms with Gasteiger partial charge in [-0.2, -0.15) is 18.4 Å². The van der Waals surface area contributed by atoms with E-state index in [2.05, 4.69) is 35.1 Å². The van der Waals surface area contributed by atoms with E-state index in [9.17, 15) is 18.4 Å². The van der Waals surface area contributed by atoms with Crippen LogP contribution in [0.15, 0.2) is 24.4 Å². The van der Waals surface area contributed by atoms with Crippen LogP contribution in [0.1, 0.15) is 32.3 Å². The van der Waals surface area contributed by atoms with Gasteiger partial charge in [0.05, 0.1) is 23.4 Å². The number of likely N-dealkylation sites (N-methyl/N-ethyl adjacent to an activating group) is 1. The Balaban J connectivity index is 0.000000703. The number of benzene rings is 1. The van der Waals surface area contributed by atoms with Crippen molar-refractivity contribution in [1.82, 2.24) is 9.88 Å². The van der Waals surface area contributed by atoms with Crippen molar-refractivity contribution >= 4 is 34.5 Å². The molecule has 31 heavy (non-hydrogen) atoms. The molecule has 0 saturated carbocycles. The van der Waals surface area contributed by atoms with E-state index < -0.39 is 12.5 Å². The normalized spacial score (nSPS) is 12.1. The molecule has 10 heteroatoms. The molecule has 1 heterocycles. The summed E-state index contributed by atoms with van der Waals surface area (Å²) in [5, 5.41) is 23.5. The Morgan fingerprint density at radius 1 is 1.39 bits per heavy atom. The number of nitriles is 1. The Hall–Kier alpha value is -2.41. The van der Waals surface area contributed by atoms with E-state index in [0.29, 0.717) is 17.1 Å². The first-order valence-electron chi connectivity index (χ1n) is 9.76. The molecule has 0 aliphatic rings. The van der Waals surface area contributed by atoms with Crippen molar-refractivity contribution in [2.75, 3.05) is 31.6 Å². The van der Waals surface area contributed by atoms with Crippen LogP contribution in [0.25, 0.3) is 10.9 Å². The third-order valence-electron chi connectivity index (χ3n) is 4.45. The number of carbonyl (C=O) groups excluding carboxylic acids is 1. The van der Waals surface area contributed by atoms with Crippen molar-refractivity contribution in [3.8, 4) is 6.07 Å². The number of halogens is 4. The first-order chi connectivity index (χ1) is 14.6.